The minimum absolute atomic E-state index is 0.263. The molecule has 1 unspecified atom stereocenters. The molecule has 3 heterocycles. The minimum atomic E-state index is 0.263. The predicted molar refractivity (Wildman–Crippen MR) is 65.2 cm³/mol. The van der Waals surface area contributed by atoms with Crippen LogP contribution in [0.1, 0.15) is 16.6 Å². The Morgan fingerprint density at radius 2 is 2.29 bits per heavy atom. The van der Waals surface area contributed by atoms with E-state index >= 15 is 0 Å². The summed E-state index contributed by atoms with van der Waals surface area (Å²) < 4.78 is 1.73. The van der Waals surface area contributed by atoms with Gasteiger partial charge in [-0.25, -0.2) is 0 Å². The molecule has 84 valence electrons. The van der Waals surface area contributed by atoms with Crippen LogP contribution in [-0.2, 0) is 6.42 Å². The second kappa shape index (κ2) is 3.27. The zero-order valence-electron chi connectivity index (χ0n) is 8.87. The van der Waals surface area contributed by atoms with Crippen LogP contribution in [0.5, 0.6) is 0 Å². The van der Waals surface area contributed by atoms with Crippen LogP contribution in [0.15, 0.2) is 30.6 Å². The van der Waals surface area contributed by atoms with E-state index in [4.69, 9.17) is 0 Å². The van der Waals surface area contributed by atoms with Crippen LogP contribution in [-0.4, -0.2) is 19.8 Å². The van der Waals surface area contributed by atoms with Crippen molar-refractivity contribution >= 4 is 22.0 Å². The molecule has 1 aliphatic rings. The maximum atomic E-state index is 4.49. The van der Waals surface area contributed by atoms with Gasteiger partial charge in [-0.15, -0.1) is 10.2 Å². The van der Waals surface area contributed by atoms with E-state index in [1.54, 1.807) is 22.2 Å². The Labute approximate surface area is 101 Å². The molecule has 3 aromatic rings. The first-order valence-corrected chi connectivity index (χ1v) is 6.23. The summed E-state index contributed by atoms with van der Waals surface area (Å²) in [7, 11) is 0. The van der Waals surface area contributed by atoms with Gasteiger partial charge in [0.25, 0.3) is 0 Å². The summed E-state index contributed by atoms with van der Waals surface area (Å²) in [5.41, 5.74) is 2.56. The third kappa shape index (κ3) is 1.34. The Balaban J connectivity index is 1.72. The fourth-order valence-electron chi connectivity index (χ4n) is 2.16. The first kappa shape index (κ1) is 9.12. The highest BCUT2D eigenvalue weighted by molar-refractivity contribution is 7.16. The number of anilines is 1. The van der Waals surface area contributed by atoms with Gasteiger partial charge in [-0.1, -0.05) is 29.5 Å². The molecule has 0 amide bonds. The second-order valence-electron chi connectivity index (χ2n) is 4.06. The van der Waals surface area contributed by atoms with Gasteiger partial charge in [0.1, 0.15) is 11.3 Å². The van der Waals surface area contributed by atoms with Gasteiger partial charge in [0.15, 0.2) is 0 Å². The summed E-state index contributed by atoms with van der Waals surface area (Å²) in [5.74, 6) is 0. The van der Waals surface area contributed by atoms with Gasteiger partial charge in [0, 0.05) is 12.1 Å². The molecule has 0 saturated carbocycles. The lowest BCUT2D eigenvalue weighted by Gasteiger charge is -2.05. The third-order valence-electron chi connectivity index (χ3n) is 2.97. The summed E-state index contributed by atoms with van der Waals surface area (Å²) in [6.45, 7) is 0. The number of hydrogen-bond donors (Lipinski definition) is 1. The van der Waals surface area contributed by atoms with Crippen LogP contribution in [0.25, 0.3) is 4.96 Å². The molecule has 1 atom stereocenters. The van der Waals surface area contributed by atoms with Crippen LogP contribution in [0.4, 0.5) is 5.69 Å². The maximum Gasteiger partial charge on any atom is 0.234 e. The van der Waals surface area contributed by atoms with Gasteiger partial charge in [0.2, 0.25) is 4.96 Å². The average Bonchev–Trinajstić information content (AvgIpc) is 3.01. The summed E-state index contributed by atoms with van der Waals surface area (Å²) in [5, 5.41) is 16.8. The Bertz CT molecular complexity index is 632. The van der Waals surface area contributed by atoms with Crippen molar-refractivity contribution in [3.05, 3.63) is 41.2 Å². The molecule has 1 N–H and O–H groups in total. The van der Waals surface area contributed by atoms with Gasteiger partial charge < -0.3 is 5.32 Å². The summed E-state index contributed by atoms with van der Waals surface area (Å²) in [4.78, 5) is 0.845. The average molecular weight is 243 g/mol. The van der Waals surface area contributed by atoms with Gasteiger partial charge in [0.05, 0.1) is 6.04 Å². The van der Waals surface area contributed by atoms with Crippen LogP contribution in [0, 0.1) is 0 Å². The van der Waals surface area contributed by atoms with Gasteiger partial charge in [-0.3, -0.25) is 0 Å². The van der Waals surface area contributed by atoms with Crippen molar-refractivity contribution in [2.24, 2.45) is 0 Å². The summed E-state index contributed by atoms with van der Waals surface area (Å²) in [6.07, 6.45) is 2.62. The quantitative estimate of drug-likeness (QED) is 0.709. The molecule has 5 nitrogen and oxygen atoms in total. The fourth-order valence-corrected chi connectivity index (χ4v) is 3.03. The molecule has 0 aliphatic carbocycles. The molecule has 2 aromatic heterocycles. The lowest BCUT2D eigenvalue weighted by atomic mass is 10.1. The monoisotopic (exact) mass is 243 g/mol. The molecule has 1 aliphatic heterocycles. The Morgan fingerprint density at radius 3 is 3.18 bits per heavy atom. The highest BCUT2D eigenvalue weighted by Gasteiger charge is 2.24. The zero-order valence-corrected chi connectivity index (χ0v) is 9.68. The zero-order chi connectivity index (χ0) is 11.2. The molecule has 17 heavy (non-hydrogen) atoms. The van der Waals surface area contributed by atoms with Crippen molar-refractivity contribution in [2.75, 3.05) is 5.32 Å². The molecule has 4 rings (SSSR count). The van der Waals surface area contributed by atoms with E-state index in [0.29, 0.717) is 0 Å². The number of aromatic nitrogens is 4. The molecular formula is C11H9N5S. The number of benzene rings is 1. The van der Waals surface area contributed by atoms with Crippen molar-refractivity contribution in [1.29, 1.82) is 0 Å². The largest absolute Gasteiger partial charge is 0.375 e. The van der Waals surface area contributed by atoms with E-state index in [1.807, 2.05) is 6.07 Å². The Kier molecular flexibility index (Phi) is 1.75. The highest BCUT2D eigenvalue weighted by Crippen LogP contribution is 2.35. The lowest BCUT2D eigenvalue weighted by molar-refractivity contribution is 0.774. The number of nitrogens with one attached hydrogen (secondary N) is 1. The third-order valence-corrected chi connectivity index (χ3v) is 4.00. The Hall–Kier alpha value is -1.95. The van der Waals surface area contributed by atoms with E-state index in [2.05, 4.69) is 38.8 Å². The Morgan fingerprint density at radius 1 is 1.35 bits per heavy atom. The van der Waals surface area contributed by atoms with Crippen molar-refractivity contribution in [2.45, 2.75) is 12.5 Å². The molecule has 0 radical (unpaired) electrons. The first-order chi connectivity index (χ1) is 8.40. The van der Waals surface area contributed by atoms with Crippen LogP contribution in [0.2, 0.25) is 0 Å². The van der Waals surface area contributed by atoms with E-state index in [9.17, 15) is 0 Å². The highest BCUT2D eigenvalue weighted by atomic mass is 32.1. The van der Waals surface area contributed by atoms with Crippen LogP contribution < -0.4 is 5.32 Å². The molecule has 0 spiro atoms. The predicted octanol–water partition coefficient (Wildman–Crippen LogP) is 1.90. The first-order valence-electron chi connectivity index (χ1n) is 5.41. The molecule has 6 heteroatoms. The van der Waals surface area contributed by atoms with E-state index in [1.165, 1.54) is 11.3 Å². The second-order valence-corrected chi connectivity index (χ2v) is 5.04. The van der Waals surface area contributed by atoms with Crippen LogP contribution >= 0.6 is 11.3 Å². The van der Waals surface area contributed by atoms with E-state index < -0.39 is 0 Å². The van der Waals surface area contributed by atoms with Crippen molar-refractivity contribution in [1.82, 2.24) is 19.8 Å². The normalized spacial score (nSPS) is 18.2. The lowest BCUT2D eigenvalue weighted by Crippen LogP contribution is -2.05. The number of nitrogens with zero attached hydrogens (tertiary/aromatic N) is 4. The van der Waals surface area contributed by atoms with Crippen molar-refractivity contribution in [3.8, 4) is 0 Å². The fraction of sp³-hybridized carbons (Fsp3) is 0.182. The minimum Gasteiger partial charge on any atom is -0.375 e. The van der Waals surface area contributed by atoms with Crippen molar-refractivity contribution < 1.29 is 0 Å². The SMILES string of the molecule is c1ccc2c(c1)CC(c1nn3cnnc3s1)N2. The maximum absolute atomic E-state index is 4.49. The van der Waals surface area contributed by atoms with Gasteiger partial charge in [-0.2, -0.15) is 9.61 Å². The number of rotatable bonds is 1. The topological polar surface area (TPSA) is 55.1 Å². The standard InChI is InChI=1S/C11H9N5S/c1-2-4-8-7(3-1)5-9(13-8)10-15-16-6-12-14-11(16)17-10/h1-4,6,9,13H,5H2. The number of para-hydroxylation sites is 1. The van der Waals surface area contributed by atoms with Gasteiger partial charge in [-0.05, 0) is 11.6 Å². The molecule has 0 fully saturated rings. The van der Waals surface area contributed by atoms with Gasteiger partial charge >= 0.3 is 0 Å². The number of fused-ring (bicyclic) bond motifs is 2. The molecule has 0 saturated heterocycles. The molecular weight excluding hydrogens is 234 g/mol. The molecule has 0 bridgehead atoms. The summed E-state index contributed by atoms with van der Waals surface area (Å²) in [6, 6.07) is 8.64. The van der Waals surface area contributed by atoms with Crippen molar-refractivity contribution in [3.63, 3.8) is 0 Å². The number of hydrogen-bond acceptors (Lipinski definition) is 5. The van der Waals surface area contributed by atoms with E-state index in [-0.39, 0.29) is 6.04 Å². The smallest absolute Gasteiger partial charge is 0.234 e. The summed E-state index contributed by atoms with van der Waals surface area (Å²) >= 11 is 1.59. The van der Waals surface area contributed by atoms with Crippen LogP contribution in [0.3, 0.4) is 0 Å². The van der Waals surface area contributed by atoms with E-state index in [0.717, 1.165) is 16.4 Å². The molecule has 1 aromatic carbocycles.